The second-order valence-corrected chi connectivity index (χ2v) is 5.53. The quantitative estimate of drug-likeness (QED) is 0.866. The average Bonchev–Trinajstić information content (AvgIpc) is 2.82. The highest BCUT2D eigenvalue weighted by Crippen LogP contribution is 2.32. The van der Waals surface area contributed by atoms with E-state index in [0.717, 1.165) is 11.5 Å². The summed E-state index contributed by atoms with van der Waals surface area (Å²) in [5.74, 6) is 1.82. The van der Waals surface area contributed by atoms with Gasteiger partial charge >= 0.3 is 0 Å². The van der Waals surface area contributed by atoms with Crippen LogP contribution in [0.15, 0.2) is 28.8 Å². The molecule has 0 radical (unpaired) electrons. The first-order chi connectivity index (χ1) is 9.86. The number of aromatic nitrogens is 2. The van der Waals surface area contributed by atoms with Gasteiger partial charge < -0.3 is 10.3 Å². The lowest BCUT2D eigenvalue weighted by Crippen LogP contribution is -1.97. The van der Waals surface area contributed by atoms with E-state index in [1.165, 1.54) is 44.1 Å². The minimum absolute atomic E-state index is 0.285. The topological polar surface area (TPSA) is 64.9 Å². The van der Waals surface area contributed by atoms with E-state index in [1.807, 2.05) is 0 Å². The summed E-state index contributed by atoms with van der Waals surface area (Å²) in [6.45, 7) is 0.285. The zero-order valence-corrected chi connectivity index (χ0v) is 11.7. The molecule has 4 nitrogen and oxygen atoms in total. The third-order valence-corrected chi connectivity index (χ3v) is 4.14. The standard InChI is InChI=1S/C16H21N3O/c17-11-15-18-16(19-20-15)14-9-7-13(8-10-14)12-5-3-1-2-4-6-12/h7-10,12H,1-6,11,17H2. The van der Waals surface area contributed by atoms with Crippen molar-refractivity contribution in [3.05, 3.63) is 35.7 Å². The smallest absolute Gasteiger partial charge is 0.240 e. The molecule has 1 aromatic carbocycles. The largest absolute Gasteiger partial charge is 0.338 e. The highest BCUT2D eigenvalue weighted by molar-refractivity contribution is 5.54. The molecule has 2 aromatic rings. The van der Waals surface area contributed by atoms with Gasteiger partial charge in [-0.15, -0.1) is 0 Å². The Morgan fingerprint density at radius 2 is 1.75 bits per heavy atom. The lowest BCUT2D eigenvalue weighted by Gasteiger charge is -2.14. The molecule has 1 fully saturated rings. The molecule has 2 N–H and O–H groups in total. The molecule has 1 saturated carbocycles. The van der Waals surface area contributed by atoms with Gasteiger partial charge in [0, 0.05) is 5.56 Å². The van der Waals surface area contributed by atoms with Crippen molar-refractivity contribution in [1.29, 1.82) is 0 Å². The average molecular weight is 271 g/mol. The van der Waals surface area contributed by atoms with Crippen LogP contribution < -0.4 is 5.73 Å². The summed E-state index contributed by atoms with van der Waals surface area (Å²) in [4.78, 5) is 4.25. The van der Waals surface area contributed by atoms with E-state index in [1.54, 1.807) is 0 Å². The van der Waals surface area contributed by atoms with E-state index in [2.05, 4.69) is 34.4 Å². The molecule has 0 unspecified atom stereocenters. The Labute approximate surface area is 119 Å². The summed E-state index contributed by atoms with van der Waals surface area (Å²) in [5, 5.41) is 3.95. The monoisotopic (exact) mass is 271 g/mol. The maximum absolute atomic E-state index is 5.48. The van der Waals surface area contributed by atoms with Gasteiger partial charge in [0.25, 0.3) is 0 Å². The SMILES string of the molecule is NCc1nc(-c2ccc(C3CCCCCC3)cc2)no1. The second-order valence-electron chi connectivity index (χ2n) is 5.53. The first-order valence-corrected chi connectivity index (χ1v) is 7.50. The van der Waals surface area contributed by atoms with Crippen molar-refractivity contribution in [3.8, 4) is 11.4 Å². The lowest BCUT2D eigenvalue weighted by atomic mass is 9.91. The summed E-state index contributed by atoms with van der Waals surface area (Å²) in [5.41, 5.74) is 7.92. The molecule has 106 valence electrons. The summed E-state index contributed by atoms with van der Waals surface area (Å²) >= 11 is 0. The zero-order valence-electron chi connectivity index (χ0n) is 11.7. The number of hydrogen-bond acceptors (Lipinski definition) is 4. The van der Waals surface area contributed by atoms with E-state index in [9.17, 15) is 0 Å². The van der Waals surface area contributed by atoms with E-state index in [0.29, 0.717) is 11.7 Å². The predicted molar refractivity (Wildman–Crippen MR) is 78.1 cm³/mol. The van der Waals surface area contributed by atoms with Gasteiger partial charge in [0.15, 0.2) is 0 Å². The van der Waals surface area contributed by atoms with Gasteiger partial charge in [-0.25, -0.2) is 0 Å². The van der Waals surface area contributed by atoms with Crippen LogP contribution in [-0.4, -0.2) is 10.1 Å². The van der Waals surface area contributed by atoms with Crippen molar-refractivity contribution in [1.82, 2.24) is 10.1 Å². The van der Waals surface area contributed by atoms with Crippen LogP contribution >= 0.6 is 0 Å². The number of hydrogen-bond donors (Lipinski definition) is 1. The molecule has 1 aliphatic rings. The highest BCUT2D eigenvalue weighted by Gasteiger charge is 2.15. The third kappa shape index (κ3) is 2.90. The Bertz CT molecular complexity index is 539. The van der Waals surface area contributed by atoms with Crippen LogP contribution in [0.1, 0.15) is 55.9 Å². The molecule has 1 heterocycles. The number of nitrogens with two attached hydrogens (primary N) is 1. The zero-order chi connectivity index (χ0) is 13.8. The molecule has 0 saturated heterocycles. The van der Waals surface area contributed by atoms with Crippen molar-refractivity contribution >= 4 is 0 Å². The molecule has 0 bridgehead atoms. The van der Waals surface area contributed by atoms with Crippen molar-refractivity contribution in [2.45, 2.75) is 51.0 Å². The number of rotatable bonds is 3. The fraction of sp³-hybridized carbons (Fsp3) is 0.500. The number of benzene rings is 1. The maximum Gasteiger partial charge on any atom is 0.240 e. The fourth-order valence-corrected chi connectivity index (χ4v) is 2.97. The molecule has 0 amide bonds. The molecule has 0 spiro atoms. The second kappa shape index (κ2) is 6.18. The molecular weight excluding hydrogens is 250 g/mol. The third-order valence-electron chi connectivity index (χ3n) is 4.14. The fourth-order valence-electron chi connectivity index (χ4n) is 2.97. The lowest BCUT2D eigenvalue weighted by molar-refractivity contribution is 0.380. The van der Waals surface area contributed by atoms with Crippen LogP contribution in [0.25, 0.3) is 11.4 Å². The van der Waals surface area contributed by atoms with E-state index in [-0.39, 0.29) is 6.54 Å². The first kappa shape index (κ1) is 13.3. The van der Waals surface area contributed by atoms with Crippen molar-refractivity contribution in [2.24, 2.45) is 5.73 Å². The van der Waals surface area contributed by atoms with Crippen molar-refractivity contribution in [2.75, 3.05) is 0 Å². The van der Waals surface area contributed by atoms with Gasteiger partial charge in [-0.1, -0.05) is 55.1 Å². The van der Waals surface area contributed by atoms with Crippen LogP contribution in [0.5, 0.6) is 0 Å². The normalized spacial score (nSPS) is 17.1. The van der Waals surface area contributed by atoms with Gasteiger partial charge in [0.05, 0.1) is 6.54 Å². The summed E-state index contributed by atoms with van der Waals surface area (Å²) < 4.78 is 5.05. The molecule has 1 aromatic heterocycles. The minimum Gasteiger partial charge on any atom is -0.338 e. The molecule has 1 aliphatic carbocycles. The first-order valence-electron chi connectivity index (χ1n) is 7.50. The van der Waals surface area contributed by atoms with Crippen molar-refractivity contribution in [3.63, 3.8) is 0 Å². The van der Waals surface area contributed by atoms with E-state index >= 15 is 0 Å². The Balaban J connectivity index is 1.76. The molecule has 3 rings (SSSR count). The molecule has 4 heteroatoms. The molecule has 20 heavy (non-hydrogen) atoms. The van der Waals surface area contributed by atoms with Crippen LogP contribution in [0.2, 0.25) is 0 Å². The van der Waals surface area contributed by atoms with Crippen LogP contribution in [0.3, 0.4) is 0 Å². The summed E-state index contributed by atoms with van der Waals surface area (Å²) in [6.07, 6.45) is 8.13. The predicted octanol–water partition coefficient (Wildman–Crippen LogP) is 3.63. The number of nitrogens with zero attached hydrogens (tertiary/aromatic N) is 2. The van der Waals surface area contributed by atoms with Gasteiger partial charge in [0.1, 0.15) is 0 Å². The van der Waals surface area contributed by atoms with Crippen LogP contribution in [0, 0.1) is 0 Å². The molecule has 0 atom stereocenters. The van der Waals surface area contributed by atoms with Gasteiger partial charge in [-0.3, -0.25) is 0 Å². The molecule has 0 aliphatic heterocycles. The highest BCUT2D eigenvalue weighted by atomic mass is 16.5. The summed E-state index contributed by atoms with van der Waals surface area (Å²) in [7, 11) is 0. The van der Waals surface area contributed by atoms with Gasteiger partial charge in [-0.2, -0.15) is 4.98 Å². The molecular formula is C16H21N3O. The van der Waals surface area contributed by atoms with E-state index < -0.39 is 0 Å². The van der Waals surface area contributed by atoms with Crippen molar-refractivity contribution < 1.29 is 4.52 Å². The summed E-state index contributed by atoms with van der Waals surface area (Å²) in [6, 6.07) is 8.60. The van der Waals surface area contributed by atoms with Crippen LogP contribution in [-0.2, 0) is 6.54 Å². The van der Waals surface area contributed by atoms with E-state index in [4.69, 9.17) is 10.3 Å². The Morgan fingerprint density at radius 3 is 2.35 bits per heavy atom. The maximum atomic E-state index is 5.48. The van der Waals surface area contributed by atoms with Gasteiger partial charge in [0.2, 0.25) is 11.7 Å². The Kier molecular flexibility index (Phi) is 4.11. The van der Waals surface area contributed by atoms with Gasteiger partial charge in [-0.05, 0) is 24.3 Å². The van der Waals surface area contributed by atoms with Crippen LogP contribution in [0.4, 0.5) is 0 Å². The minimum atomic E-state index is 0.285. The Hall–Kier alpha value is -1.68. The Morgan fingerprint density at radius 1 is 1.05 bits per heavy atom.